The largest absolute Gasteiger partial charge is 0.345 e. The van der Waals surface area contributed by atoms with Gasteiger partial charge in [-0.25, -0.2) is 0 Å². The van der Waals surface area contributed by atoms with E-state index in [1.165, 1.54) is 4.90 Å². The molecule has 2 heterocycles. The number of fused-ring (bicyclic) bond motifs is 3. The van der Waals surface area contributed by atoms with Crippen LogP contribution < -0.4 is 4.90 Å². The fourth-order valence-electron chi connectivity index (χ4n) is 3.21. The Balaban J connectivity index is 2.01. The van der Waals surface area contributed by atoms with Crippen molar-refractivity contribution in [2.75, 3.05) is 4.90 Å². The summed E-state index contributed by atoms with van der Waals surface area (Å²) < 4.78 is 41.9. The molecule has 2 aliphatic rings. The smallest absolute Gasteiger partial charge is 0.104 e. The molecular formula is C19H20N2. The number of benzene rings is 2. The van der Waals surface area contributed by atoms with E-state index in [0.717, 1.165) is 22.5 Å². The third-order valence-electron chi connectivity index (χ3n) is 4.23. The van der Waals surface area contributed by atoms with Crippen molar-refractivity contribution in [1.82, 2.24) is 4.90 Å². The van der Waals surface area contributed by atoms with E-state index >= 15 is 0 Å². The summed E-state index contributed by atoms with van der Waals surface area (Å²) >= 11 is 0. The van der Waals surface area contributed by atoms with E-state index in [1.807, 2.05) is 50.2 Å². The number of hydrogen-bond donors (Lipinski definition) is 0. The van der Waals surface area contributed by atoms with Crippen LogP contribution in [0.3, 0.4) is 0 Å². The second-order valence-corrected chi connectivity index (χ2v) is 5.49. The molecule has 0 amide bonds. The van der Waals surface area contributed by atoms with Gasteiger partial charge in [-0.15, -0.1) is 0 Å². The highest BCUT2D eigenvalue weighted by atomic mass is 15.4. The van der Waals surface area contributed by atoms with Gasteiger partial charge >= 0.3 is 0 Å². The molecule has 0 N–H and O–H groups in total. The molecule has 0 saturated heterocycles. The van der Waals surface area contributed by atoms with Crippen LogP contribution in [0.4, 0.5) is 5.69 Å². The Hall–Kier alpha value is -2.22. The molecule has 2 aromatic rings. The Bertz CT molecular complexity index is 916. The molecule has 21 heavy (non-hydrogen) atoms. The van der Waals surface area contributed by atoms with Gasteiger partial charge in [0.25, 0.3) is 0 Å². The van der Waals surface area contributed by atoms with E-state index < -0.39 is 19.5 Å². The average molecular weight is 281 g/mol. The maximum atomic E-state index is 8.68. The highest BCUT2D eigenvalue weighted by Gasteiger charge is 2.39. The molecule has 0 saturated carbocycles. The number of rotatable bonds is 1. The molecule has 0 spiro atoms. The predicted octanol–water partition coefficient (Wildman–Crippen LogP) is 4.37. The lowest BCUT2D eigenvalue weighted by atomic mass is 10.1. The molecule has 1 atom stereocenters. The highest BCUT2D eigenvalue weighted by molar-refractivity contribution is 5.80. The lowest BCUT2D eigenvalue weighted by Gasteiger charge is -2.31. The second kappa shape index (κ2) is 4.39. The first-order valence-electron chi connectivity index (χ1n) is 9.60. The van der Waals surface area contributed by atoms with Crippen molar-refractivity contribution < 1.29 is 6.85 Å². The number of anilines is 1. The number of hydrogen-bond acceptors (Lipinski definition) is 2. The number of para-hydroxylation sites is 1. The van der Waals surface area contributed by atoms with Gasteiger partial charge in [-0.3, -0.25) is 0 Å². The fourth-order valence-corrected chi connectivity index (χ4v) is 3.21. The van der Waals surface area contributed by atoms with Gasteiger partial charge in [0.2, 0.25) is 0 Å². The molecule has 106 valence electrons. The monoisotopic (exact) mass is 281 g/mol. The summed E-state index contributed by atoms with van der Waals surface area (Å²) in [5, 5.41) is 0. The lowest BCUT2D eigenvalue weighted by Crippen LogP contribution is -2.36. The predicted molar refractivity (Wildman–Crippen MR) is 87.7 cm³/mol. The van der Waals surface area contributed by atoms with Gasteiger partial charge < -0.3 is 9.80 Å². The Morgan fingerprint density at radius 2 is 1.86 bits per heavy atom. The van der Waals surface area contributed by atoms with E-state index in [4.69, 9.17) is 6.85 Å². The molecule has 0 fully saturated rings. The number of nitrogens with zero attached hydrogens (tertiary/aromatic N) is 2. The van der Waals surface area contributed by atoms with E-state index in [0.29, 0.717) is 11.3 Å². The summed E-state index contributed by atoms with van der Waals surface area (Å²) in [5.41, 5.74) is 4.45. The Labute approximate surface area is 133 Å². The van der Waals surface area contributed by atoms with Crippen LogP contribution in [0.15, 0.2) is 54.2 Å². The summed E-state index contributed by atoms with van der Waals surface area (Å²) in [6.07, 6.45) is -1.10. The third kappa shape index (κ3) is 1.65. The Morgan fingerprint density at radius 3 is 2.67 bits per heavy atom. The van der Waals surface area contributed by atoms with Crippen molar-refractivity contribution in [3.63, 3.8) is 0 Å². The molecule has 2 aliphatic heterocycles. The zero-order valence-corrected chi connectivity index (χ0v) is 12.1. The molecule has 2 heteroatoms. The maximum absolute atomic E-state index is 8.68. The van der Waals surface area contributed by atoms with Crippen LogP contribution in [-0.2, 0) is 6.50 Å². The topological polar surface area (TPSA) is 6.48 Å². The molecule has 1 unspecified atom stereocenters. The number of allylic oxidation sites excluding steroid dienone is 1. The first kappa shape index (κ1) is 8.28. The van der Waals surface area contributed by atoms with Crippen LogP contribution in [0.2, 0.25) is 0 Å². The Kier molecular flexibility index (Phi) is 1.73. The molecule has 2 nitrogen and oxygen atoms in total. The number of aryl methyl sites for hydroxylation is 1. The van der Waals surface area contributed by atoms with Gasteiger partial charge in [-0.2, -0.15) is 0 Å². The van der Waals surface area contributed by atoms with Crippen LogP contribution in [0.5, 0.6) is 0 Å². The molecule has 0 aromatic heterocycles. The normalized spacial score (nSPS) is 26.6. The lowest BCUT2D eigenvalue weighted by molar-refractivity contribution is 0.341. The van der Waals surface area contributed by atoms with E-state index in [-0.39, 0.29) is 0 Å². The minimum absolute atomic E-state index is 0.521. The molecule has 0 bridgehead atoms. The molecule has 0 aliphatic carbocycles. The van der Waals surface area contributed by atoms with E-state index in [9.17, 15) is 0 Å². The summed E-state index contributed by atoms with van der Waals surface area (Å²) in [6.45, 7) is -0.459. The van der Waals surface area contributed by atoms with Crippen LogP contribution >= 0.6 is 0 Å². The van der Waals surface area contributed by atoms with Gasteiger partial charge in [0, 0.05) is 27.6 Å². The standard InChI is InChI=1S/C19H20N2/c1-13-8-4-7-11-18(13)21-14(2)19-17-10-6-5-9-16(17)12-20(19)15(21)3/h4-11,15H,12H2,1-3H3/i3D3,12D2. The van der Waals surface area contributed by atoms with Crippen LogP contribution in [0, 0.1) is 6.92 Å². The molecule has 4 rings (SSSR count). The van der Waals surface area contributed by atoms with E-state index in [2.05, 4.69) is 0 Å². The SMILES string of the molecule is [2H]C([2H])([2H])C1N(c2ccccc2C)C(C)=C2c3ccccc3C([2H])([2H])N21. The van der Waals surface area contributed by atoms with Crippen LogP contribution in [-0.4, -0.2) is 11.1 Å². The molecular weight excluding hydrogens is 256 g/mol. The minimum atomic E-state index is -2.39. The maximum Gasteiger partial charge on any atom is 0.104 e. The van der Waals surface area contributed by atoms with Crippen molar-refractivity contribution in [2.45, 2.75) is 33.4 Å². The van der Waals surface area contributed by atoms with Crippen molar-refractivity contribution in [1.29, 1.82) is 0 Å². The molecule has 2 aromatic carbocycles. The summed E-state index contributed by atoms with van der Waals surface area (Å²) in [7, 11) is 0. The minimum Gasteiger partial charge on any atom is -0.345 e. The average Bonchev–Trinajstić information content (AvgIpc) is 3.00. The fraction of sp³-hybridized carbons (Fsp3) is 0.263. The zero-order valence-electron chi connectivity index (χ0n) is 17.1. The van der Waals surface area contributed by atoms with Crippen LogP contribution in [0.1, 0.15) is 37.3 Å². The van der Waals surface area contributed by atoms with Gasteiger partial charge in [-0.05, 0) is 37.9 Å². The zero-order chi connectivity index (χ0) is 18.9. The Morgan fingerprint density at radius 1 is 1.10 bits per heavy atom. The van der Waals surface area contributed by atoms with Gasteiger partial charge in [0.1, 0.15) is 6.17 Å². The summed E-state index contributed by atoms with van der Waals surface area (Å²) in [5.74, 6) is 0. The van der Waals surface area contributed by atoms with Gasteiger partial charge in [-0.1, -0.05) is 42.5 Å². The summed E-state index contributed by atoms with van der Waals surface area (Å²) in [6, 6.07) is 14.9. The highest BCUT2D eigenvalue weighted by Crippen LogP contribution is 2.45. The van der Waals surface area contributed by atoms with Crippen molar-refractivity contribution in [3.8, 4) is 0 Å². The first-order valence-corrected chi connectivity index (χ1v) is 7.10. The van der Waals surface area contributed by atoms with Crippen molar-refractivity contribution >= 4 is 11.4 Å². The quantitative estimate of drug-likeness (QED) is 0.766. The van der Waals surface area contributed by atoms with Gasteiger partial charge in [0.05, 0.1) is 8.44 Å². The van der Waals surface area contributed by atoms with Crippen molar-refractivity contribution in [3.05, 3.63) is 70.9 Å². The second-order valence-electron chi connectivity index (χ2n) is 5.49. The van der Waals surface area contributed by atoms with E-state index in [1.54, 1.807) is 17.0 Å². The molecule has 0 radical (unpaired) electrons. The van der Waals surface area contributed by atoms with Gasteiger partial charge in [0.15, 0.2) is 0 Å². The summed E-state index contributed by atoms with van der Waals surface area (Å²) in [4.78, 5) is 3.21. The third-order valence-corrected chi connectivity index (χ3v) is 4.23. The first-order chi connectivity index (χ1) is 12.2. The van der Waals surface area contributed by atoms with Crippen molar-refractivity contribution in [2.24, 2.45) is 0 Å². The van der Waals surface area contributed by atoms with Crippen LogP contribution in [0.25, 0.3) is 5.70 Å².